The molecular weight excluding hydrogens is 318 g/mol. The maximum Gasteiger partial charge on any atom is 0.357 e. The van der Waals surface area contributed by atoms with Gasteiger partial charge in [0, 0.05) is 17.6 Å². The first-order valence-corrected chi connectivity index (χ1v) is 8.45. The van der Waals surface area contributed by atoms with E-state index in [4.69, 9.17) is 4.74 Å². The van der Waals surface area contributed by atoms with Crippen molar-refractivity contribution in [1.82, 2.24) is 15.1 Å². The average Bonchev–Trinajstić information content (AvgIpc) is 3.05. The summed E-state index contributed by atoms with van der Waals surface area (Å²) in [6.07, 6.45) is -0.860. The first-order valence-electron chi connectivity index (χ1n) is 8.45. The van der Waals surface area contributed by atoms with Gasteiger partial charge in [-0.25, -0.2) is 4.79 Å². The van der Waals surface area contributed by atoms with E-state index in [1.807, 2.05) is 58.0 Å². The van der Waals surface area contributed by atoms with Crippen molar-refractivity contribution in [2.75, 3.05) is 0 Å². The highest BCUT2D eigenvalue weighted by molar-refractivity contribution is 5.91. The molecule has 1 N–H and O–H groups in total. The summed E-state index contributed by atoms with van der Waals surface area (Å²) in [4.78, 5) is 26.6. The van der Waals surface area contributed by atoms with Gasteiger partial charge in [0.05, 0.1) is 5.69 Å². The van der Waals surface area contributed by atoms with Crippen LogP contribution in [0.25, 0.3) is 11.3 Å². The van der Waals surface area contributed by atoms with Crippen LogP contribution in [-0.4, -0.2) is 45.2 Å². The Bertz CT molecular complexity index is 715. The number of hydrogen-bond donors (Lipinski definition) is 1. The molecule has 0 fully saturated rings. The van der Waals surface area contributed by atoms with Crippen molar-refractivity contribution in [3.8, 4) is 11.3 Å². The molecule has 0 unspecified atom stereocenters. The van der Waals surface area contributed by atoms with Gasteiger partial charge >= 0.3 is 5.97 Å². The smallest absolute Gasteiger partial charge is 0.357 e. The second kappa shape index (κ2) is 7.96. The number of nitrogens with zero attached hydrogens (tertiary/aromatic N) is 2. The third-order valence-corrected chi connectivity index (χ3v) is 3.87. The van der Waals surface area contributed by atoms with Gasteiger partial charge in [-0.3, -0.25) is 9.89 Å². The molecule has 1 atom stereocenters. The average molecular weight is 343 g/mol. The largest absolute Gasteiger partial charge is 0.448 e. The van der Waals surface area contributed by atoms with Gasteiger partial charge in [0.2, 0.25) is 0 Å². The molecule has 0 aliphatic carbocycles. The predicted octanol–water partition coefficient (Wildman–Crippen LogP) is 3.27. The maximum atomic E-state index is 12.5. The van der Waals surface area contributed by atoms with Crippen molar-refractivity contribution in [1.29, 1.82) is 0 Å². The number of esters is 1. The Balaban J connectivity index is 2.07. The van der Waals surface area contributed by atoms with Gasteiger partial charge in [0.15, 0.2) is 6.10 Å². The number of rotatable bonds is 6. The molecule has 1 amide bonds. The van der Waals surface area contributed by atoms with Gasteiger partial charge in [0.25, 0.3) is 5.91 Å². The lowest BCUT2D eigenvalue weighted by Crippen LogP contribution is -2.47. The molecular formula is C19H25N3O3. The Labute approximate surface area is 148 Å². The lowest BCUT2D eigenvalue weighted by Gasteiger charge is -2.32. The van der Waals surface area contributed by atoms with Crippen LogP contribution in [-0.2, 0) is 9.53 Å². The molecule has 134 valence electrons. The summed E-state index contributed by atoms with van der Waals surface area (Å²) in [5.41, 5.74) is 1.77. The van der Waals surface area contributed by atoms with Gasteiger partial charge < -0.3 is 9.64 Å². The van der Waals surface area contributed by atoms with Gasteiger partial charge in [-0.1, -0.05) is 30.3 Å². The number of benzene rings is 1. The minimum atomic E-state index is -0.860. The fourth-order valence-corrected chi connectivity index (χ4v) is 2.77. The van der Waals surface area contributed by atoms with Crippen LogP contribution in [0.3, 0.4) is 0 Å². The fourth-order valence-electron chi connectivity index (χ4n) is 2.77. The fraction of sp³-hybridized carbons (Fsp3) is 0.421. The van der Waals surface area contributed by atoms with Crippen LogP contribution in [0.5, 0.6) is 0 Å². The lowest BCUT2D eigenvalue weighted by atomic mass is 10.1. The van der Waals surface area contributed by atoms with Crippen molar-refractivity contribution in [3.05, 3.63) is 42.1 Å². The molecule has 1 aromatic heterocycles. The zero-order valence-electron chi connectivity index (χ0n) is 15.3. The normalized spacial score (nSPS) is 12.3. The zero-order valence-corrected chi connectivity index (χ0v) is 15.3. The number of amides is 1. The van der Waals surface area contributed by atoms with Crippen molar-refractivity contribution in [2.45, 2.75) is 52.8 Å². The van der Waals surface area contributed by atoms with Gasteiger partial charge in [-0.05, 0) is 40.7 Å². The number of nitrogens with one attached hydrogen (secondary N) is 1. The van der Waals surface area contributed by atoms with Crippen LogP contribution in [0.1, 0.15) is 45.1 Å². The highest BCUT2D eigenvalue weighted by Gasteiger charge is 2.28. The molecule has 6 nitrogen and oxygen atoms in total. The lowest BCUT2D eigenvalue weighted by molar-refractivity contribution is -0.143. The quantitative estimate of drug-likeness (QED) is 0.817. The van der Waals surface area contributed by atoms with Crippen LogP contribution in [0, 0.1) is 0 Å². The van der Waals surface area contributed by atoms with E-state index in [2.05, 4.69) is 10.2 Å². The highest BCUT2D eigenvalue weighted by Crippen LogP contribution is 2.18. The number of aromatic amines is 1. The molecule has 0 radical (unpaired) electrons. The summed E-state index contributed by atoms with van der Waals surface area (Å²) in [6.45, 7) is 9.34. The number of hydrogen-bond acceptors (Lipinski definition) is 4. The van der Waals surface area contributed by atoms with E-state index in [1.165, 1.54) is 0 Å². The van der Waals surface area contributed by atoms with Gasteiger partial charge in [-0.2, -0.15) is 5.10 Å². The van der Waals surface area contributed by atoms with E-state index < -0.39 is 12.1 Å². The van der Waals surface area contributed by atoms with Crippen LogP contribution in [0.2, 0.25) is 0 Å². The molecule has 0 saturated carbocycles. The Morgan fingerprint density at radius 1 is 1.04 bits per heavy atom. The standard InChI is InChI=1S/C19H25N3O3/c1-12(2)22(13(3)4)18(23)14(5)25-19(24)17-11-16(20-21-17)15-9-7-6-8-10-15/h6-14H,1-5H3,(H,20,21)/t14-/m1/s1. The van der Waals surface area contributed by atoms with E-state index in [0.29, 0.717) is 5.69 Å². The van der Waals surface area contributed by atoms with Gasteiger partial charge in [0.1, 0.15) is 5.69 Å². The van der Waals surface area contributed by atoms with E-state index in [9.17, 15) is 9.59 Å². The number of aromatic nitrogens is 2. The Kier molecular flexibility index (Phi) is 5.96. The molecule has 2 rings (SSSR count). The van der Waals surface area contributed by atoms with E-state index >= 15 is 0 Å². The molecule has 0 aliphatic rings. The predicted molar refractivity (Wildman–Crippen MR) is 96.0 cm³/mol. The van der Waals surface area contributed by atoms with Crippen LogP contribution in [0.4, 0.5) is 0 Å². The molecule has 0 spiro atoms. The number of H-pyrrole nitrogens is 1. The summed E-state index contributed by atoms with van der Waals surface area (Å²) in [6, 6.07) is 11.2. The Morgan fingerprint density at radius 3 is 2.20 bits per heavy atom. The number of ether oxygens (including phenoxy) is 1. The summed E-state index contributed by atoms with van der Waals surface area (Å²) >= 11 is 0. The summed E-state index contributed by atoms with van der Waals surface area (Å²) in [5.74, 6) is -0.802. The van der Waals surface area contributed by atoms with Crippen molar-refractivity contribution in [3.63, 3.8) is 0 Å². The minimum Gasteiger partial charge on any atom is -0.448 e. The second-order valence-corrected chi connectivity index (χ2v) is 6.51. The van der Waals surface area contributed by atoms with Crippen LogP contribution in [0.15, 0.2) is 36.4 Å². The van der Waals surface area contributed by atoms with Crippen molar-refractivity contribution >= 4 is 11.9 Å². The van der Waals surface area contributed by atoms with Crippen LogP contribution >= 0.6 is 0 Å². The van der Waals surface area contributed by atoms with Crippen molar-refractivity contribution in [2.24, 2.45) is 0 Å². The molecule has 0 saturated heterocycles. The van der Waals surface area contributed by atoms with E-state index in [-0.39, 0.29) is 23.7 Å². The number of carbonyl (C=O) groups excluding carboxylic acids is 2. The SMILES string of the molecule is CC(C)N(C(=O)[C@@H](C)OC(=O)c1cc(-c2ccccc2)n[nH]1)C(C)C. The third-order valence-electron chi connectivity index (χ3n) is 3.87. The summed E-state index contributed by atoms with van der Waals surface area (Å²) in [7, 11) is 0. The molecule has 1 heterocycles. The molecule has 0 aliphatic heterocycles. The second-order valence-electron chi connectivity index (χ2n) is 6.51. The van der Waals surface area contributed by atoms with Gasteiger partial charge in [-0.15, -0.1) is 0 Å². The molecule has 0 bridgehead atoms. The molecule has 25 heavy (non-hydrogen) atoms. The monoisotopic (exact) mass is 343 g/mol. The highest BCUT2D eigenvalue weighted by atomic mass is 16.5. The first-order chi connectivity index (χ1) is 11.8. The maximum absolute atomic E-state index is 12.5. The summed E-state index contributed by atoms with van der Waals surface area (Å²) < 4.78 is 5.33. The van der Waals surface area contributed by atoms with E-state index in [0.717, 1.165) is 5.56 Å². The summed E-state index contributed by atoms with van der Waals surface area (Å²) in [5, 5.41) is 6.80. The zero-order chi connectivity index (χ0) is 18.6. The molecule has 1 aromatic carbocycles. The topological polar surface area (TPSA) is 75.3 Å². The molecule has 2 aromatic rings. The Hall–Kier alpha value is -2.63. The number of carbonyl (C=O) groups is 2. The molecule has 6 heteroatoms. The minimum absolute atomic E-state index is 0.0329. The Morgan fingerprint density at radius 2 is 1.64 bits per heavy atom. The van der Waals surface area contributed by atoms with E-state index in [1.54, 1.807) is 17.9 Å². The third kappa shape index (κ3) is 4.47. The first kappa shape index (κ1) is 18.7. The van der Waals surface area contributed by atoms with Crippen molar-refractivity contribution < 1.29 is 14.3 Å². The van der Waals surface area contributed by atoms with Crippen LogP contribution < -0.4 is 0 Å².